The number of halogens is 2. The molecule has 1 heterocycles. The van der Waals surface area contributed by atoms with Gasteiger partial charge in [-0.1, -0.05) is 24.3 Å². The molecule has 0 atom stereocenters. The monoisotopic (exact) mass is 367 g/mol. The highest BCUT2D eigenvalue weighted by Gasteiger charge is 2.22. The molecule has 1 aliphatic rings. The van der Waals surface area contributed by atoms with E-state index in [0.717, 1.165) is 42.1 Å². The van der Waals surface area contributed by atoms with Crippen molar-refractivity contribution in [2.75, 3.05) is 35.7 Å². The van der Waals surface area contributed by atoms with Gasteiger partial charge >= 0.3 is 0 Å². The minimum absolute atomic E-state index is 0. The molecule has 3 rings (SSSR count). The van der Waals surface area contributed by atoms with Crippen molar-refractivity contribution in [2.24, 2.45) is 0 Å². The zero-order valence-electron chi connectivity index (χ0n) is 13.6. The lowest BCUT2D eigenvalue weighted by atomic mass is 10.1. The predicted molar refractivity (Wildman–Crippen MR) is 106 cm³/mol. The number of fused-ring (bicyclic) bond motifs is 1. The average Bonchev–Trinajstić information content (AvgIpc) is 2.69. The molecule has 2 N–H and O–H groups in total. The Morgan fingerprint density at radius 2 is 1.62 bits per heavy atom. The van der Waals surface area contributed by atoms with Crippen LogP contribution in [-0.2, 0) is 11.2 Å². The van der Waals surface area contributed by atoms with E-state index < -0.39 is 0 Å². The SMILES string of the molecule is CN1CCCN(C(=O)Cc2ccc(N)cc2)c2ccccc21.Cl.Cl. The second-order valence-electron chi connectivity index (χ2n) is 5.73. The second-order valence-corrected chi connectivity index (χ2v) is 5.73. The molecule has 0 saturated heterocycles. The fourth-order valence-electron chi connectivity index (χ4n) is 2.89. The minimum atomic E-state index is 0. The van der Waals surface area contributed by atoms with Crippen LogP contribution >= 0.6 is 24.8 Å². The molecule has 2 aromatic carbocycles. The Hall–Kier alpha value is -1.91. The Morgan fingerprint density at radius 1 is 1.00 bits per heavy atom. The molecule has 0 saturated carbocycles. The van der Waals surface area contributed by atoms with Gasteiger partial charge in [0.25, 0.3) is 0 Å². The van der Waals surface area contributed by atoms with E-state index in [4.69, 9.17) is 5.73 Å². The van der Waals surface area contributed by atoms with Crippen LogP contribution in [-0.4, -0.2) is 26.0 Å². The molecule has 0 bridgehead atoms. The zero-order chi connectivity index (χ0) is 15.5. The van der Waals surface area contributed by atoms with Crippen LogP contribution < -0.4 is 15.5 Å². The van der Waals surface area contributed by atoms with Crippen LogP contribution in [0.4, 0.5) is 17.1 Å². The number of nitrogen functional groups attached to an aromatic ring is 1. The van der Waals surface area contributed by atoms with Gasteiger partial charge in [-0.3, -0.25) is 4.79 Å². The van der Waals surface area contributed by atoms with Gasteiger partial charge in [-0.2, -0.15) is 0 Å². The number of para-hydroxylation sites is 2. The van der Waals surface area contributed by atoms with E-state index in [-0.39, 0.29) is 30.7 Å². The number of amides is 1. The van der Waals surface area contributed by atoms with E-state index in [9.17, 15) is 4.79 Å². The van der Waals surface area contributed by atoms with E-state index >= 15 is 0 Å². The fourth-order valence-corrected chi connectivity index (χ4v) is 2.89. The molecule has 0 aromatic heterocycles. The summed E-state index contributed by atoms with van der Waals surface area (Å²) in [5.41, 5.74) is 9.53. The van der Waals surface area contributed by atoms with Gasteiger partial charge < -0.3 is 15.5 Å². The largest absolute Gasteiger partial charge is 0.399 e. The van der Waals surface area contributed by atoms with E-state index in [1.54, 1.807) is 0 Å². The van der Waals surface area contributed by atoms with Crippen LogP contribution in [0.15, 0.2) is 48.5 Å². The van der Waals surface area contributed by atoms with Gasteiger partial charge in [0.05, 0.1) is 17.8 Å². The Balaban J connectivity index is 0.00000144. The first-order valence-electron chi connectivity index (χ1n) is 7.60. The molecular formula is C18H23Cl2N3O. The summed E-state index contributed by atoms with van der Waals surface area (Å²) < 4.78 is 0. The molecular weight excluding hydrogens is 345 g/mol. The van der Waals surface area contributed by atoms with Crippen molar-refractivity contribution in [2.45, 2.75) is 12.8 Å². The van der Waals surface area contributed by atoms with Crippen molar-refractivity contribution in [3.8, 4) is 0 Å². The van der Waals surface area contributed by atoms with Gasteiger partial charge in [0.15, 0.2) is 0 Å². The molecule has 130 valence electrons. The molecule has 0 unspecified atom stereocenters. The molecule has 0 spiro atoms. The van der Waals surface area contributed by atoms with Crippen LogP contribution in [0.2, 0.25) is 0 Å². The van der Waals surface area contributed by atoms with E-state index in [2.05, 4.69) is 18.0 Å². The number of hydrogen-bond acceptors (Lipinski definition) is 3. The van der Waals surface area contributed by atoms with E-state index in [1.165, 1.54) is 0 Å². The molecule has 24 heavy (non-hydrogen) atoms. The smallest absolute Gasteiger partial charge is 0.231 e. The summed E-state index contributed by atoms with van der Waals surface area (Å²) in [4.78, 5) is 16.9. The molecule has 0 radical (unpaired) electrons. The number of nitrogens with zero attached hydrogens (tertiary/aromatic N) is 2. The molecule has 6 heteroatoms. The molecule has 4 nitrogen and oxygen atoms in total. The first-order valence-corrected chi connectivity index (χ1v) is 7.60. The predicted octanol–water partition coefficient (Wildman–Crippen LogP) is 3.53. The van der Waals surface area contributed by atoms with Gasteiger partial charge in [-0.25, -0.2) is 0 Å². The highest BCUT2D eigenvalue weighted by atomic mass is 35.5. The van der Waals surface area contributed by atoms with Crippen LogP contribution in [0, 0.1) is 0 Å². The van der Waals surface area contributed by atoms with Crippen molar-refractivity contribution in [3.63, 3.8) is 0 Å². The summed E-state index contributed by atoms with van der Waals surface area (Å²) in [7, 11) is 2.08. The van der Waals surface area contributed by atoms with Crippen molar-refractivity contribution >= 4 is 47.8 Å². The molecule has 0 aliphatic carbocycles. The second kappa shape index (κ2) is 8.81. The number of benzene rings is 2. The van der Waals surface area contributed by atoms with E-state index in [1.807, 2.05) is 47.4 Å². The van der Waals surface area contributed by atoms with Gasteiger partial charge in [0.1, 0.15) is 0 Å². The maximum absolute atomic E-state index is 12.8. The standard InChI is InChI=1S/C18H21N3O.2ClH/c1-20-11-4-12-21(17-6-3-2-5-16(17)20)18(22)13-14-7-9-15(19)10-8-14;;/h2-3,5-10H,4,11-13,19H2,1H3;2*1H. The lowest BCUT2D eigenvalue weighted by molar-refractivity contribution is -0.118. The Kier molecular flexibility index (Phi) is 7.39. The summed E-state index contributed by atoms with van der Waals surface area (Å²) in [6.07, 6.45) is 1.37. The van der Waals surface area contributed by atoms with E-state index in [0.29, 0.717) is 6.42 Å². The topological polar surface area (TPSA) is 49.6 Å². The van der Waals surface area contributed by atoms with Crippen molar-refractivity contribution < 1.29 is 4.79 Å². The minimum Gasteiger partial charge on any atom is -0.399 e. The molecule has 1 amide bonds. The van der Waals surface area contributed by atoms with Gasteiger partial charge in [-0.15, -0.1) is 24.8 Å². The van der Waals surface area contributed by atoms with Gasteiger partial charge in [0.2, 0.25) is 5.91 Å². The van der Waals surface area contributed by atoms with Crippen molar-refractivity contribution in [1.29, 1.82) is 0 Å². The third-order valence-electron chi connectivity index (χ3n) is 4.10. The highest BCUT2D eigenvalue weighted by Crippen LogP contribution is 2.31. The van der Waals surface area contributed by atoms with Crippen LogP contribution in [0.25, 0.3) is 0 Å². The van der Waals surface area contributed by atoms with Gasteiger partial charge in [0, 0.05) is 25.8 Å². The normalized spacial score (nSPS) is 13.2. The third-order valence-corrected chi connectivity index (χ3v) is 4.10. The number of hydrogen-bond donors (Lipinski definition) is 1. The Bertz CT molecular complexity index is 676. The lowest BCUT2D eigenvalue weighted by Gasteiger charge is -2.24. The van der Waals surface area contributed by atoms with Crippen molar-refractivity contribution in [1.82, 2.24) is 0 Å². The van der Waals surface area contributed by atoms with Crippen molar-refractivity contribution in [3.05, 3.63) is 54.1 Å². The Labute approximate surface area is 155 Å². The van der Waals surface area contributed by atoms with Crippen LogP contribution in [0.1, 0.15) is 12.0 Å². The fraction of sp³-hybridized carbons (Fsp3) is 0.278. The average molecular weight is 368 g/mol. The number of rotatable bonds is 2. The molecule has 2 aromatic rings. The summed E-state index contributed by atoms with van der Waals surface area (Å²) in [5.74, 6) is 0.132. The third kappa shape index (κ3) is 4.34. The quantitative estimate of drug-likeness (QED) is 0.825. The van der Waals surface area contributed by atoms with Crippen LogP contribution in [0.5, 0.6) is 0 Å². The summed E-state index contributed by atoms with van der Waals surface area (Å²) in [6.45, 7) is 1.72. The zero-order valence-corrected chi connectivity index (χ0v) is 15.3. The number of nitrogens with two attached hydrogens (primary N) is 1. The summed E-state index contributed by atoms with van der Waals surface area (Å²) in [5, 5.41) is 0. The first-order chi connectivity index (χ1) is 10.6. The maximum Gasteiger partial charge on any atom is 0.231 e. The Morgan fingerprint density at radius 3 is 2.29 bits per heavy atom. The first kappa shape index (κ1) is 20.1. The van der Waals surface area contributed by atoms with Crippen LogP contribution in [0.3, 0.4) is 0 Å². The molecule has 0 fully saturated rings. The lowest BCUT2D eigenvalue weighted by Crippen LogP contribution is -2.32. The molecule has 1 aliphatic heterocycles. The van der Waals surface area contributed by atoms with Gasteiger partial charge in [-0.05, 0) is 36.2 Å². The maximum atomic E-state index is 12.8. The summed E-state index contributed by atoms with van der Waals surface area (Å²) >= 11 is 0. The summed E-state index contributed by atoms with van der Waals surface area (Å²) in [6, 6.07) is 15.6. The highest BCUT2D eigenvalue weighted by molar-refractivity contribution is 5.98. The number of carbonyl (C=O) groups excluding carboxylic acids is 1. The number of anilines is 3. The number of carbonyl (C=O) groups is 1.